The molecule has 0 aromatic heterocycles. The van der Waals surface area contributed by atoms with Crippen molar-refractivity contribution in [2.75, 3.05) is 13.2 Å². The van der Waals surface area contributed by atoms with E-state index in [0.717, 1.165) is 0 Å². The zero-order valence-corrected chi connectivity index (χ0v) is 9.18. The van der Waals surface area contributed by atoms with Gasteiger partial charge in [-0.15, -0.1) is 6.58 Å². The first-order valence-corrected chi connectivity index (χ1v) is 4.87. The first kappa shape index (κ1) is 13.9. The Labute approximate surface area is 90.2 Å². The molecule has 15 heavy (non-hydrogen) atoms. The Bertz CT molecular complexity index is 223. The van der Waals surface area contributed by atoms with E-state index in [0.29, 0.717) is 0 Å². The third-order valence-electron chi connectivity index (χ3n) is 1.61. The normalized spacial score (nSPS) is 14.9. The SMILES string of the molecule is C=CCO[C@@H](C(=O)OCC)[C@@H](O)/C=C/C. The van der Waals surface area contributed by atoms with E-state index in [1.807, 2.05) is 0 Å². The number of aliphatic hydroxyl groups is 1. The fourth-order valence-corrected chi connectivity index (χ4v) is 1.00. The van der Waals surface area contributed by atoms with Crippen molar-refractivity contribution < 1.29 is 19.4 Å². The van der Waals surface area contributed by atoms with Gasteiger partial charge in [-0.2, -0.15) is 0 Å². The van der Waals surface area contributed by atoms with Gasteiger partial charge >= 0.3 is 5.97 Å². The lowest BCUT2D eigenvalue weighted by atomic mass is 10.2. The standard InChI is InChI=1S/C11H18O4/c1-4-7-9(12)10(15-8-5-2)11(13)14-6-3/h4-5,7,9-10,12H,2,6,8H2,1,3H3/b7-4+/t9-,10+/m0/s1. The maximum absolute atomic E-state index is 11.4. The molecule has 0 fully saturated rings. The highest BCUT2D eigenvalue weighted by Gasteiger charge is 2.26. The van der Waals surface area contributed by atoms with Crippen molar-refractivity contribution in [2.24, 2.45) is 0 Å². The fourth-order valence-electron chi connectivity index (χ4n) is 1.00. The van der Waals surface area contributed by atoms with E-state index >= 15 is 0 Å². The number of esters is 1. The molecule has 0 aliphatic rings. The summed E-state index contributed by atoms with van der Waals surface area (Å²) in [4.78, 5) is 11.4. The van der Waals surface area contributed by atoms with Crippen LogP contribution in [-0.2, 0) is 14.3 Å². The fraction of sp³-hybridized carbons (Fsp3) is 0.545. The van der Waals surface area contributed by atoms with Gasteiger partial charge < -0.3 is 14.6 Å². The monoisotopic (exact) mass is 214 g/mol. The van der Waals surface area contributed by atoms with Gasteiger partial charge in [-0.1, -0.05) is 18.2 Å². The second-order valence-electron chi connectivity index (χ2n) is 2.81. The number of hydrogen-bond acceptors (Lipinski definition) is 4. The predicted octanol–water partition coefficient (Wildman–Crippen LogP) is 1.06. The average molecular weight is 214 g/mol. The lowest BCUT2D eigenvalue weighted by molar-refractivity contribution is -0.161. The van der Waals surface area contributed by atoms with E-state index in [9.17, 15) is 9.90 Å². The predicted molar refractivity (Wildman–Crippen MR) is 57.4 cm³/mol. The van der Waals surface area contributed by atoms with Crippen LogP contribution in [0.3, 0.4) is 0 Å². The smallest absolute Gasteiger partial charge is 0.338 e. The molecule has 0 aromatic rings. The maximum atomic E-state index is 11.4. The van der Waals surface area contributed by atoms with E-state index in [1.54, 1.807) is 19.9 Å². The lowest BCUT2D eigenvalue weighted by Gasteiger charge is -2.18. The number of carbonyl (C=O) groups is 1. The van der Waals surface area contributed by atoms with E-state index in [1.165, 1.54) is 12.2 Å². The van der Waals surface area contributed by atoms with Crippen molar-refractivity contribution in [1.82, 2.24) is 0 Å². The Morgan fingerprint density at radius 1 is 1.60 bits per heavy atom. The van der Waals surface area contributed by atoms with Gasteiger partial charge in [0.05, 0.1) is 13.2 Å². The number of hydrogen-bond donors (Lipinski definition) is 1. The zero-order valence-electron chi connectivity index (χ0n) is 9.18. The van der Waals surface area contributed by atoms with Crippen molar-refractivity contribution in [2.45, 2.75) is 26.1 Å². The third kappa shape index (κ3) is 5.34. The molecule has 0 aromatic carbocycles. The Balaban J connectivity index is 4.40. The molecular formula is C11H18O4. The van der Waals surface area contributed by atoms with Crippen LogP contribution in [0.15, 0.2) is 24.8 Å². The molecule has 0 rings (SSSR count). The van der Waals surface area contributed by atoms with E-state index < -0.39 is 18.2 Å². The molecule has 0 saturated heterocycles. The number of ether oxygens (including phenoxy) is 2. The molecule has 0 aliphatic carbocycles. The molecule has 2 atom stereocenters. The molecule has 0 aliphatic heterocycles. The van der Waals surface area contributed by atoms with Crippen LogP contribution in [0.5, 0.6) is 0 Å². The first-order chi connectivity index (χ1) is 7.17. The summed E-state index contributed by atoms with van der Waals surface area (Å²) in [7, 11) is 0. The van der Waals surface area contributed by atoms with Gasteiger partial charge in [0.15, 0.2) is 6.10 Å². The summed E-state index contributed by atoms with van der Waals surface area (Å²) in [5.74, 6) is -0.565. The highest BCUT2D eigenvalue weighted by molar-refractivity contribution is 5.75. The summed E-state index contributed by atoms with van der Waals surface area (Å²) < 4.78 is 9.90. The Hall–Kier alpha value is -1.13. The van der Waals surface area contributed by atoms with Crippen molar-refractivity contribution in [3.63, 3.8) is 0 Å². The summed E-state index contributed by atoms with van der Waals surface area (Å²) >= 11 is 0. The minimum absolute atomic E-state index is 0.193. The van der Waals surface area contributed by atoms with Crippen LogP contribution in [0.4, 0.5) is 0 Å². The van der Waals surface area contributed by atoms with Crippen LogP contribution < -0.4 is 0 Å². The highest BCUT2D eigenvalue weighted by atomic mass is 16.6. The molecule has 86 valence electrons. The van der Waals surface area contributed by atoms with Gasteiger partial charge in [0.25, 0.3) is 0 Å². The number of aliphatic hydroxyl groups excluding tert-OH is 1. The second-order valence-corrected chi connectivity index (χ2v) is 2.81. The number of allylic oxidation sites excluding steroid dienone is 1. The quantitative estimate of drug-likeness (QED) is 0.508. The molecule has 0 unspecified atom stereocenters. The average Bonchev–Trinajstić information content (AvgIpc) is 2.19. The molecule has 0 bridgehead atoms. The van der Waals surface area contributed by atoms with Crippen LogP contribution in [-0.4, -0.2) is 36.5 Å². The number of carbonyl (C=O) groups excluding carboxylic acids is 1. The molecule has 1 N–H and O–H groups in total. The summed E-state index contributed by atoms with van der Waals surface area (Å²) in [6.45, 7) is 7.37. The third-order valence-corrected chi connectivity index (χ3v) is 1.61. The topological polar surface area (TPSA) is 55.8 Å². The van der Waals surface area contributed by atoms with E-state index in [-0.39, 0.29) is 13.2 Å². The van der Waals surface area contributed by atoms with Gasteiger partial charge in [0.2, 0.25) is 0 Å². The molecule has 0 heterocycles. The van der Waals surface area contributed by atoms with E-state index in [4.69, 9.17) is 9.47 Å². The molecule has 0 amide bonds. The van der Waals surface area contributed by atoms with Crippen molar-refractivity contribution in [3.05, 3.63) is 24.8 Å². The van der Waals surface area contributed by atoms with Gasteiger partial charge in [-0.3, -0.25) is 0 Å². The van der Waals surface area contributed by atoms with Crippen LogP contribution in [0, 0.1) is 0 Å². The van der Waals surface area contributed by atoms with Gasteiger partial charge in [0.1, 0.15) is 6.10 Å². The summed E-state index contributed by atoms with van der Waals surface area (Å²) in [6.07, 6.45) is 2.65. The van der Waals surface area contributed by atoms with Crippen LogP contribution in [0.25, 0.3) is 0 Å². The van der Waals surface area contributed by atoms with Crippen LogP contribution in [0.1, 0.15) is 13.8 Å². The number of rotatable bonds is 7. The van der Waals surface area contributed by atoms with E-state index in [2.05, 4.69) is 6.58 Å². The molecule has 0 radical (unpaired) electrons. The van der Waals surface area contributed by atoms with Crippen LogP contribution >= 0.6 is 0 Å². The second kappa shape index (κ2) is 8.20. The van der Waals surface area contributed by atoms with Gasteiger partial charge in [-0.25, -0.2) is 4.79 Å². The largest absolute Gasteiger partial charge is 0.464 e. The van der Waals surface area contributed by atoms with Crippen molar-refractivity contribution in [1.29, 1.82) is 0 Å². The molecule has 0 saturated carbocycles. The Morgan fingerprint density at radius 3 is 2.73 bits per heavy atom. The van der Waals surface area contributed by atoms with Gasteiger partial charge in [0, 0.05) is 0 Å². The summed E-state index contributed by atoms with van der Waals surface area (Å²) in [5, 5.41) is 9.59. The first-order valence-electron chi connectivity index (χ1n) is 4.87. The molecule has 4 heteroatoms. The Morgan fingerprint density at radius 2 is 2.27 bits per heavy atom. The molecule has 4 nitrogen and oxygen atoms in total. The summed E-state index contributed by atoms with van der Waals surface area (Å²) in [5.41, 5.74) is 0. The molecule has 0 spiro atoms. The minimum Gasteiger partial charge on any atom is -0.464 e. The van der Waals surface area contributed by atoms with Crippen LogP contribution in [0.2, 0.25) is 0 Å². The van der Waals surface area contributed by atoms with Crippen molar-refractivity contribution >= 4 is 5.97 Å². The van der Waals surface area contributed by atoms with Gasteiger partial charge in [-0.05, 0) is 13.8 Å². The maximum Gasteiger partial charge on any atom is 0.338 e. The highest BCUT2D eigenvalue weighted by Crippen LogP contribution is 2.04. The lowest BCUT2D eigenvalue weighted by Crippen LogP contribution is -2.37. The Kier molecular flexibility index (Phi) is 7.58. The minimum atomic E-state index is -0.992. The zero-order chi connectivity index (χ0) is 11.7. The summed E-state index contributed by atoms with van der Waals surface area (Å²) in [6, 6.07) is 0. The van der Waals surface area contributed by atoms with Crippen molar-refractivity contribution in [3.8, 4) is 0 Å². The molecular weight excluding hydrogens is 196 g/mol.